The van der Waals surface area contributed by atoms with Crippen LogP contribution in [-0.4, -0.2) is 25.2 Å². The molecule has 0 amide bonds. The minimum atomic E-state index is 0.0747. The lowest BCUT2D eigenvalue weighted by Crippen LogP contribution is -2.16. The first-order chi connectivity index (χ1) is 7.75. The number of hydrogen-bond acceptors (Lipinski definition) is 3. The van der Waals surface area contributed by atoms with Crippen molar-refractivity contribution in [2.24, 2.45) is 5.73 Å². The summed E-state index contributed by atoms with van der Waals surface area (Å²) in [4.78, 5) is 0. The highest BCUT2D eigenvalue weighted by Gasteiger charge is 2.15. The summed E-state index contributed by atoms with van der Waals surface area (Å²) in [7, 11) is 0. The molecule has 1 unspecified atom stereocenters. The number of hydrogen-bond donors (Lipinski definition) is 2. The van der Waals surface area contributed by atoms with Crippen LogP contribution in [0.3, 0.4) is 0 Å². The van der Waals surface area contributed by atoms with Crippen LogP contribution in [0, 0.1) is 5.41 Å². The molecule has 0 bridgehead atoms. The molecular weight excluding hydrogens is 204 g/mol. The maximum Gasteiger partial charge on any atom is 0.122 e. The fourth-order valence-corrected chi connectivity index (χ4v) is 1.70. The lowest BCUT2D eigenvalue weighted by atomic mass is 10.2. The Morgan fingerprint density at radius 1 is 1.44 bits per heavy atom. The Morgan fingerprint density at radius 2 is 2.19 bits per heavy atom. The molecule has 1 fully saturated rings. The number of nitrogen functional groups attached to an aromatic ring is 1. The molecule has 0 aliphatic carbocycles. The van der Waals surface area contributed by atoms with E-state index in [1.54, 1.807) is 12.1 Å². The maximum absolute atomic E-state index is 7.26. The van der Waals surface area contributed by atoms with E-state index in [4.69, 9.17) is 20.6 Å². The Morgan fingerprint density at radius 3 is 2.75 bits per heavy atom. The number of amidine groups is 1. The molecule has 1 aromatic rings. The van der Waals surface area contributed by atoms with E-state index < -0.39 is 0 Å². The molecule has 2 rings (SSSR count). The smallest absolute Gasteiger partial charge is 0.122 e. The molecule has 16 heavy (non-hydrogen) atoms. The van der Waals surface area contributed by atoms with Crippen LogP contribution >= 0.6 is 0 Å². The van der Waals surface area contributed by atoms with Crippen LogP contribution in [0.15, 0.2) is 24.3 Å². The lowest BCUT2D eigenvalue weighted by Gasteiger charge is -2.11. The number of nitrogens with one attached hydrogen (secondary N) is 1. The Labute approximate surface area is 94.9 Å². The van der Waals surface area contributed by atoms with E-state index in [0.717, 1.165) is 25.2 Å². The number of nitrogens with two attached hydrogens (primary N) is 1. The van der Waals surface area contributed by atoms with Gasteiger partial charge in [0.05, 0.1) is 6.10 Å². The van der Waals surface area contributed by atoms with Crippen molar-refractivity contribution in [1.29, 1.82) is 5.41 Å². The van der Waals surface area contributed by atoms with E-state index >= 15 is 0 Å². The number of ether oxygens (including phenoxy) is 2. The Bertz CT molecular complexity index is 356. The molecule has 0 saturated carbocycles. The summed E-state index contributed by atoms with van der Waals surface area (Å²) >= 11 is 0. The fourth-order valence-electron chi connectivity index (χ4n) is 1.70. The molecule has 86 valence electrons. The molecule has 1 saturated heterocycles. The summed E-state index contributed by atoms with van der Waals surface area (Å²) in [6.07, 6.45) is 2.43. The van der Waals surface area contributed by atoms with Crippen LogP contribution < -0.4 is 10.5 Å². The minimum absolute atomic E-state index is 0.0747. The highest BCUT2D eigenvalue weighted by Crippen LogP contribution is 2.16. The van der Waals surface area contributed by atoms with Gasteiger partial charge in [-0.3, -0.25) is 5.41 Å². The van der Waals surface area contributed by atoms with Crippen molar-refractivity contribution in [3.05, 3.63) is 29.8 Å². The van der Waals surface area contributed by atoms with E-state index in [1.807, 2.05) is 12.1 Å². The lowest BCUT2D eigenvalue weighted by molar-refractivity contribution is 0.0679. The van der Waals surface area contributed by atoms with E-state index in [0.29, 0.717) is 12.2 Å². The molecule has 1 aromatic carbocycles. The number of rotatable bonds is 4. The summed E-state index contributed by atoms with van der Waals surface area (Å²) in [5.41, 5.74) is 6.07. The molecule has 1 aliphatic heterocycles. The summed E-state index contributed by atoms with van der Waals surface area (Å²) in [6.45, 7) is 1.44. The van der Waals surface area contributed by atoms with Crippen molar-refractivity contribution in [2.45, 2.75) is 18.9 Å². The van der Waals surface area contributed by atoms with Crippen molar-refractivity contribution >= 4 is 5.84 Å². The van der Waals surface area contributed by atoms with Crippen LogP contribution in [0.4, 0.5) is 0 Å². The molecule has 0 radical (unpaired) electrons. The first-order valence-electron chi connectivity index (χ1n) is 5.44. The second-order valence-electron chi connectivity index (χ2n) is 3.88. The maximum atomic E-state index is 7.26. The summed E-state index contributed by atoms with van der Waals surface area (Å²) in [5, 5.41) is 7.26. The summed E-state index contributed by atoms with van der Waals surface area (Å²) < 4.78 is 11.0. The van der Waals surface area contributed by atoms with Crippen LogP contribution in [0.5, 0.6) is 5.75 Å². The standard InChI is InChI=1S/C12H16N2O2/c13-12(14)9-3-5-10(6-4-9)16-8-11-2-1-7-15-11/h3-6,11H,1-2,7-8H2,(H3,13,14). The van der Waals surface area contributed by atoms with Crippen LogP contribution in [0.25, 0.3) is 0 Å². The van der Waals surface area contributed by atoms with Gasteiger partial charge in [-0.05, 0) is 37.1 Å². The second kappa shape index (κ2) is 4.99. The van der Waals surface area contributed by atoms with Gasteiger partial charge in [-0.15, -0.1) is 0 Å². The average molecular weight is 220 g/mol. The topological polar surface area (TPSA) is 68.3 Å². The average Bonchev–Trinajstić information content (AvgIpc) is 2.80. The van der Waals surface area contributed by atoms with E-state index in [2.05, 4.69) is 0 Å². The van der Waals surface area contributed by atoms with Gasteiger partial charge in [-0.1, -0.05) is 0 Å². The molecule has 1 heterocycles. The van der Waals surface area contributed by atoms with Crippen LogP contribution in [0.2, 0.25) is 0 Å². The molecule has 3 N–H and O–H groups in total. The highest BCUT2D eigenvalue weighted by molar-refractivity contribution is 5.94. The zero-order valence-electron chi connectivity index (χ0n) is 9.11. The van der Waals surface area contributed by atoms with Gasteiger partial charge in [0.25, 0.3) is 0 Å². The Balaban J connectivity index is 1.87. The minimum Gasteiger partial charge on any atom is -0.491 e. The third-order valence-electron chi connectivity index (χ3n) is 2.63. The van der Waals surface area contributed by atoms with Gasteiger partial charge in [0.15, 0.2) is 0 Å². The highest BCUT2D eigenvalue weighted by atomic mass is 16.5. The Kier molecular flexibility index (Phi) is 3.41. The van der Waals surface area contributed by atoms with Gasteiger partial charge in [0.1, 0.15) is 18.2 Å². The SMILES string of the molecule is N=C(N)c1ccc(OCC2CCCO2)cc1. The molecule has 0 spiro atoms. The van der Waals surface area contributed by atoms with E-state index in [-0.39, 0.29) is 11.9 Å². The van der Waals surface area contributed by atoms with Gasteiger partial charge in [-0.2, -0.15) is 0 Å². The zero-order valence-corrected chi connectivity index (χ0v) is 9.11. The monoisotopic (exact) mass is 220 g/mol. The molecule has 1 atom stereocenters. The van der Waals surface area contributed by atoms with Crippen LogP contribution in [-0.2, 0) is 4.74 Å². The van der Waals surface area contributed by atoms with Gasteiger partial charge in [-0.25, -0.2) is 0 Å². The molecule has 0 aromatic heterocycles. The van der Waals surface area contributed by atoms with Gasteiger partial charge in [0.2, 0.25) is 0 Å². The second-order valence-corrected chi connectivity index (χ2v) is 3.88. The van der Waals surface area contributed by atoms with Crippen molar-refractivity contribution in [3.8, 4) is 5.75 Å². The molecule has 4 heteroatoms. The van der Waals surface area contributed by atoms with Crippen LogP contribution in [0.1, 0.15) is 18.4 Å². The normalized spacial score (nSPS) is 19.6. The third kappa shape index (κ3) is 2.73. The zero-order chi connectivity index (χ0) is 11.4. The van der Waals surface area contributed by atoms with Crippen molar-refractivity contribution in [1.82, 2.24) is 0 Å². The summed E-state index contributed by atoms with van der Waals surface area (Å²) in [5.74, 6) is 0.867. The molecular formula is C12H16N2O2. The predicted molar refractivity (Wildman–Crippen MR) is 61.9 cm³/mol. The first kappa shape index (κ1) is 11.0. The summed E-state index contributed by atoms with van der Waals surface area (Å²) in [6, 6.07) is 7.22. The van der Waals surface area contributed by atoms with Gasteiger partial charge < -0.3 is 15.2 Å². The fraction of sp³-hybridized carbons (Fsp3) is 0.417. The van der Waals surface area contributed by atoms with Gasteiger partial charge in [0, 0.05) is 12.2 Å². The Hall–Kier alpha value is -1.55. The third-order valence-corrected chi connectivity index (χ3v) is 2.63. The first-order valence-corrected chi connectivity index (χ1v) is 5.44. The van der Waals surface area contributed by atoms with Crippen molar-refractivity contribution in [2.75, 3.05) is 13.2 Å². The van der Waals surface area contributed by atoms with E-state index in [9.17, 15) is 0 Å². The molecule has 4 nitrogen and oxygen atoms in total. The van der Waals surface area contributed by atoms with Gasteiger partial charge >= 0.3 is 0 Å². The quantitative estimate of drug-likeness (QED) is 0.597. The van der Waals surface area contributed by atoms with E-state index in [1.165, 1.54) is 0 Å². The largest absolute Gasteiger partial charge is 0.491 e. The van der Waals surface area contributed by atoms with Crippen molar-refractivity contribution in [3.63, 3.8) is 0 Å². The number of benzene rings is 1. The molecule has 1 aliphatic rings. The van der Waals surface area contributed by atoms with Crippen molar-refractivity contribution < 1.29 is 9.47 Å². The predicted octanol–water partition coefficient (Wildman–Crippen LogP) is 1.53.